The predicted octanol–water partition coefficient (Wildman–Crippen LogP) is 3.43. The van der Waals surface area contributed by atoms with Gasteiger partial charge < -0.3 is 15.8 Å². The van der Waals surface area contributed by atoms with Gasteiger partial charge in [-0.1, -0.05) is 30.3 Å². The summed E-state index contributed by atoms with van der Waals surface area (Å²) < 4.78 is 5.26. The summed E-state index contributed by atoms with van der Waals surface area (Å²) in [5, 5.41) is 11.3. The van der Waals surface area contributed by atoms with E-state index < -0.39 is 11.6 Å². The van der Waals surface area contributed by atoms with E-state index in [1.165, 1.54) is 0 Å². The average molecular weight is 399 g/mol. The molecule has 1 saturated carbocycles. The van der Waals surface area contributed by atoms with Crippen molar-refractivity contribution in [3.63, 3.8) is 0 Å². The van der Waals surface area contributed by atoms with Gasteiger partial charge in [0.15, 0.2) is 0 Å². The Balaban J connectivity index is 0.00000169. The van der Waals surface area contributed by atoms with Gasteiger partial charge in [-0.25, -0.2) is 4.79 Å². The van der Waals surface area contributed by atoms with Gasteiger partial charge in [-0.3, -0.25) is 0 Å². The van der Waals surface area contributed by atoms with E-state index >= 15 is 0 Å². The van der Waals surface area contributed by atoms with Crippen LogP contribution in [-0.2, 0) is 22.4 Å². The van der Waals surface area contributed by atoms with Crippen molar-refractivity contribution in [3.8, 4) is 0 Å². The molecule has 0 atom stereocenters. The number of benzene rings is 1. The number of rotatable bonds is 5. The zero-order valence-electron chi connectivity index (χ0n) is 14.8. The minimum Gasteiger partial charge on any atom is -0.445 e. The van der Waals surface area contributed by atoms with Crippen molar-refractivity contribution >= 4 is 30.9 Å². The second-order valence-electron chi connectivity index (χ2n) is 6.77. The highest BCUT2D eigenvalue weighted by atomic mass is 35.5. The Labute approximate surface area is 165 Å². The minimum atomic E-state index is -0.690. The fourth-order valence-corrected chi connectivity index (χ4v) is 2.40. The molecule has 1 aliphatic carbocycles. The van der Waals surface area contributed by atoms with E-state index in [0.717, 1.165) is 24.1 Å². The Morgan fingerprint density at radius 1 is 1.15 bits per heavy atom. The van der Waals surface area contributed by atoms with Crippen LogP contribution in [0.4, 0.5) is 4.79 Å². The second-order valence-corrected chi connectivity index (χ2v) is 6.77. The molecule has 1 aromatic heterocycles. The SMILES string of the molecule is CC(C)(NC(=O)OCc1ccccc1)c1ccc(C2(N)CC2)nn1.Cl.Cl. The maximum Gasteiger partial charge on any atom is 0.408 e. The fourth-order valence-electron chi connectivity index (χ4n) is 2.40. The highest BCUT2D eigenvalue weighted by Crippen LogP contribution is 2.41. The number of hydrogen-bond donors (Lipinski definition) is 2. The molecule has 3 N–H and O–H groups in total. The number of aromatic nitrogens is 2. The zero-order valence-corrected chi connectivity index (χ0v) is 16.4. The van der Waals surface area contributed by atoms with Crippen LogP contribution < -0.4 is 11.1 Å². The molecule has 0 spiro atoms. The number of carbonyl (C=O) groups excluding carboxylic acids is 1. The molecule has 0 saturated heterocycles. The van der Waals surface area contributed by atoms with Gasteiger partial charge in [0, 0.05) is 0 Å². The summed E-state index contributed by atoms with van der Waals surface area (Å²) in [7, 11) is 0. The standard InChI is InChI=1S/C18H22N4O2.2ClH/c1-17(2,14-8-9-15(22-21-14)18(19)10-11-18)20-16(23)24-12-13-6-4-3-5-7-13;;/h3-9H,10-12,19H2,1-2H3,(H,20,23);2*1H. The van der Waals surface area contributed by atoms with Crippen molar-refractivity contribution < 1.29 is 9.53 Å². The van der Waals surface area contributed by atoms with Crippen molar-refractivity contribution in [1.29, 1.82) is 0 Å². The number of nitrogens with one attached hydrogen (secondary N) is 1. The van der Waals surface area contributed by atoms with Gasteiger partial charge in [-0.15, -0.1) is 24.8 Å². The van der Waals surface area contributed by atoms with Gasteiger partial charge in [-0.2, -0.15) is 10.2 Å². The Bertz CT molecular complexity index is 720. The van der Waals surface area contributed by atoms with Crippen molar-refractivity contribution in [1.82, 2.24) is 15.5 Å². The van der Waals surface area contributed by atoms with Crippen molar-refractivity contribution in [2.75, 3.05) is 0 Å². The number of hydrogen-bond acceptors (Lipinski definition) is 5. The van der Waals surface area contributed by atoms with Crippen LogP contribution >= 0.6 is 24.8 Å². The van der Waals surface area contributed by atoms with Crippen LogP contribution in [0.1, 0.15) is 43.6 Å². The van der Waals surface area contributed by atoms with Crippen LogP contribution in [-0.4, -0.2) is 16.3 Å². The lowest BCUT2D eigenvalue weighted by Crippen LogP contribution is -2.42. The molecule has 1 fully saturated rings. The summed E-state index contributed by atoms with van der Waals surface area (Å²) in [5.41, 5.74) is 7.51. The van der Waals surface area contributed by atoms with E-state index in [-0.39, 0.29) is 37.0 Å². The van der Waals surface area contributed by atoms with Gasteiger partial charge in [0.2, 0.25) is 0 Å². The fraction of sp³-hybridized carbons (Fsp3) is 0.389. The van der Waals surface area contributed by atoms with E-state index in [9.17, 15) is 4.79 Å². The highest BCUT2D eigenvalue weighted by Gasteiger charge is 2.42. The summed E-state index contributed by atoms with van der Waals surface area (Å²) in [5.74, 6) is 0. The third-order valence-corrected chi connectivity index (χ3v) is 4.23. The van der Waals surface area contributed by atoms with Gasteiger partial charge in [0.25, 0.3) is 0 Å². The van der Waals surface area contributed by atoms with Crippen LogP contribution in [0.2, 0.25) is 0 Å². The third-order valence-electron chi connectivity index (χ3n) is 4.23. The minimum absolute atomic E-state index is 0. The van der Waals surface area contributed by atoms with Gasteiger partial charge in [0.1, 0.15) is 6.61 Å². The molecule has 0 aliphatic heterocycles. The maximum atomic E-state index is 12.0. The van der Waals surface area contributed by atoms with E-state index in [2.05, 4.69) is 15.5 Å². The predicted molar refractivity (Wildman–Crippen MR) is 104 cm³/mol. The van der Waals surface area contributed by atoms with Crippen LogP contribution in [0.15, 0.2) is 42.5 Å². The van der Waals surface area contributed by atoms with Gasteiger partial charge in [-0.05, 0) is 44.4 Å². The summed E-state index contributed by atoms with van der Waals surface area (Å²) in [6.45, 7) is 3.94. The molecule has 3 rings (SSSR count). The first-order valence-corrected chi connectivity index (χ1v) is 8.01. The largest absolute Gasteiger partial charge is 0.445 e. The van der Waals surface area contributed by atoms with E-state index in [1.54, 1.807) is 0 Å². The number of carbonyl (C=O) groups is 1. The van der Waals surface area contributed by atoms with Crippen LogP contribution in [0, 0.1) is 0 Å². The number of amides is 1. The lowest BCUT2D eigenvalue weighted by Gasteiger charge is -2.25. The molecule has 0 radical (unpaired) electrons. The highest BCUT2D eigenvalue weighted by molar-refractivity contribution is 5.85. The molecular weight excluding hydrogens is 375 g/mol. The second kappa shape index (κ2) is 8.66. The normalized spacial score (nSPS) is 14.4. The molecule has 2 aromatic rings. The number of ether oxygens (including phenoxy) is 1. The first kappa shape index (κ1) is 22.2. The monoisotopic (exact) mass is 398 g/mol. The molecule has 0 unspecified atom stereocenters. The molecule has 1 aromatic carbocycles. The van der Waals surface area contributed by atoms with Gasteiger partial charge >= 0.3 is 6.09 Å². The number of halogens is 2. The number of nitrogens with zero attached hydrogens (tertiary/aromatic N) is 2. The molecular formula is C18H24Cl2N4O2. The quantitative estimate of drug-likeness (QED) is 0.804. The van der Waals surface area contributed by atoms with Crippen LogP contribution in [0.5, 0.6) is 0 Å². The number of nitrogens with two attached hydrogens (primary N) is 1. The molecule has 0 bridgehead atoms. The summed E-state index contributed by atoms with van der Waals surface area (Å²) in [6.07, 6.45) is 1.38. The lowest BCUT2D eigenvalue weighted by atomic mass is 10.00. The molecule has 1 heterocycles. The van der Waals surface area contributed by atoms with Crippen LogP contribution in [0.25, 0.3) is 0 Å². The van der Waals surface area contributed by atoms with E-state index in [0.29, 0.717) is 5.69 Å². The van der Waals surface area contributed by atoms with Crippen LogP contribution in [0.3, 0.4) is 0 Å². The number of alkyl carbamates (subject to hydrolysis) is 1. The van der Waals surface area contributed by atoms with Crippen molar-refractivity contribution in [3.05, 3.63) is 59.4 Å². The smallest absolute Gasteiger partial charge is 0.408 e. The average Bonchev–Trinajstić information content (AvgIpc) is 3.33. The molecule has 6 nitrogen and oxygen atoms in total. The van der Waals surface area contributed by atoms with E-state index in [1.807, 2.05) is 56.3 Å². The Hall–Kier alpha value is -1.89. The lowest BCUT2D eigenvalue weighted by molar-refractivity contribution is 0.129. The Morgan fingerprint density at radius 3 is 2.35 bits per heavy atom. The summed E-state index contributed by atoms with van der Waals surface area (Å²) in [4.78, 5) is 12.0. The molecule has 1 aliphatic rings. The Kier molecular flexibility index (Phi) is 7.38. The summed E-state index contributed by atoms with van der Waals surface area (Å²) in [6, 6.07) is 13.3. The maximum absolute atomic E-state index is 12.0. The first-order valence-electron chi connectivity index (χ1n) is 8.01. The van der Waals surface area contributed by atoms with E-state index in [4.69, 9.17) is 10.5 Å². The topological polar surface area (TPSA) is 90.1 Å². The third kappa shape index (κ3) is 5.30. The molecule has 1 amide bonds. The summed E-state index contributed by atoms with van der Waals surface area (Å²) >= 11 is 0. The molecule has 26 heavy (non-hydrogen) atoms. The molecule has 8 heteroatoms. The zero-order chi connectivity index (χ0) is 17.2. The molecule has 142 valence electrons. The Morgan fingerprint density at radius 2 is 1.81 bits per heavy atom. The van der Waals surface area contributed by atoms with Crippen molar-refractivity contribution in [2.45, 2.75) is 44.4 Å². The van der Waals surface area contributed by atoms with Gasteiger partial charge in [0.05, 0.1) is 22.5 Å². The van der Waals surface area contributed by atoms with Crippen molar-refractivity contribution in [2.24, 2.45) is 5.73 Å². The first-order chi connectivity index (χ1) is 11.4.